The molecule has 28 heavy (non-hydrogen) atoms. The third-order valence-electron chi connectivity index (χ3n) is 3.64. The lowest BCUT2D eigenvalue weighted by Crippen LogP contribution is -2.16. The van der Waals surface area contributed by atoms with E-state index in [1.807, 2.05) is 0 Å². The minimum Gasteiger partial charge on any atom is -0.486 e. The van der Waals surface area contributed by atoms with Gasteiger partial charge >= 0.3 is 6.61 Å². The quantitative estimate of drug-likeness (QED) is 0.458. The number of ether oxygens (including phenoxy) is 3. The zero-order valence-corrected chi connectivity index (χ0v) is 14.3. The number of hydrogen-bond donors (Lipinski definition) is 1. The normalized spacial score (nSPS) is 12.8. The smallest absolute Gasteiger partial charge is 0.387 e. The number of carbonyl (C=O) groups excluding carboxylic acids is 1. The molecule has 0 saturated heterocycles. The van der Waals surface area contributed by atoms with Crippen LogP contribution < -0.4 is 19.5 Å². The predicted octanol–water partition coefficient (Wildman–Crippen LogP) is 3.62. The number of amides is 1. The van der Waals surface area contributed by atoms with E-state index in [2.05, 4.69) is 10.1 Å². The maximum atomic E-state index is 12.5. The Morgan fingerprint density at radius 2 is 1.93 bits per heavy atom. The number of hydrogen-bond acceptors (Lipinski definition) is 6. The molecule has 1 heterocycles. The number of nitrogens with zero attached hydrogens (tertiary/aromatic N) is 1. The number of anilines is 1. The maximum absolute atomic E-state index is 12.5. The van der Waals surface area contributed by atoms with Gasteiger partial charge in [0.15, 0.2) is 11.5 Å². The van der Waals surface area contributed by atoms with Crippen molar-refractivity contribution in [3.05, 3.63) is 58.2 Å². The van der Waals surface area contributed by atoms with Gasteiger partial charge in [0.05, 0.1) is 4.92 Å². The van der Waals surface area contributed by atoms with Gasteiger partial charge in [0.25, 0.3) is 5.69 Å². The fourth-order valence-corrected chi connectivity index (χ4v) is 2.45. The number of non-ortho nitro benzene ring substituents is 1. The van der Waals surface area contributed by atoms with Gasteiger partial charge in [-0.25, -0.2) is 0 Å². The lowest BCUT2D eigenvalue weighted by atomic mass is 10.1. The van der Waals surface area contributed by atoms with E-state index in [1.54, 1.807) is 18.2 Å². The molecular weight excluding hydrogens is 378 g/mol. The highest BCUT2D eigenvalue weighted by Crippen LogP contribution is 2.32. The Morgan fingerprint density at radius 3 is 2.64 bits per heavy atom. The summed E-state index contributed by atoms with van der Waals surface area (Å²) in [5, 5.41) is 13.5. The first-order valence-electron chi connectivity index (χ1n) is 8.04. The minimum atomic E-state index is -3.11. The van der Waals surface area contributed by atoms with Gasteiger partial charge in [-0.2, -0.15) is 8.78 Å². The van der Waals surface area contributed by atoms with E-state index in [-0.39, 0.29) is 17.0 Å². The second-order valence-electron chi connectivity index (χ2n) is 5.54. The van der Waals surface area contributed by atoms with Gasteiger partial charge < -0.3 is 19.5 Å². The van der Waals surface area contributed by atoms with Gasteiger partial charge in [-0.15, -0.1) is 0 Å². The summed E-state index contributed by atoms with van der Waals surface area (Å²) in [5.41, 5.74) is 0.0716. The lowest BCUT2D eigenvalue weighted by molar-refractivity contribution is -0.384. The molecule has 0 bridgehead atoms. The van der Waals surface area contributed by atoms with Crippen molar-refractivity contribution in [1.82, 2.24) is 0 Å². The van der Waals surface area contributed by atoms with Crippen molar-refractivity contribution >= 4 is 23.4 Å². The van der Waals surface area contributed by atoms with Crippen LogP contribution >= 0.6 is 0 Å². The van der Waals surface area contributed by atoms with E-state index in [1.165, 1.54) is 0 Å². The second-order valence-corrected chi connectivity index (χ2v) is 5.54. The van der Waals surface area contributed by atoms with Gasteiger partial charge in [-0.05, 0) is 24.3 Å². The average Bonchev–Trinajstić information content (AvgIpc) is 2.66. The molecule has 1 aliphatic rings. The molecule has 0 aliphatic carbocycles. The summed E-state index contributed by atoms with van der Waals surface area (Å²) in [5.74, 6) is 0.180. The molecule has 0 unspecified atom stereocenters. The van der Waals surface area contributed by atoms with Crippen LogP contribution in [0.3, 0.4) is 0 Å². The van der Waals surface area contributed by atoms with Crippen molar-refractivity contribution < 1.29 is 32.7 Å². The number of fused-ring (bicyclic) bond motifs is 1. The van der Waals surface area contributed by atoms with Crippen molar-refractivity contribution in [3.63, 3.8) is 0 Å². The monoisotopic (exact) mass is 392 g/mol. The van der Waals surface area contributed by atoms with Crippen LogP contribution in [-0.2, 0) is 4.79 Å². The molecule has 0 fully saturated rings. The molecule has 0 atom stereocenters. The third kappa shape index (κ3) is 4.72. The van der Waals surface area contributed by atoms with E-state index in [0.717, 1.165) is 30.4 Å². The van der Waals surface area contributed by atoms with Crippen molar-refractivity contribution in [1.29, 1.82) is 0 Å². The van der Waals surface area contributed by atoms with Gasteiger partial charge in [0.1, 0.15) is 19.0 Å². The molecule has 2 aromatic rings. The molecule has 2 aromatic carbocycles. The van der Waals surface area contributed by atoms with Crippen LogP contribution in [0, 0.1) is 10.1 Å². The first-order valence-corrected chi connectivity index (χ1v) is 8.04. The SMILES string of the molecule is O=C(/C=C/c1cc([N+](=O)[O-])ccc1OC(F)F)Nc1ccc2c(c1)OCCO2. The second kappa shape index (κ2) is 8.33. The van der Waals surface area contributed by atoms with Gasteiger partial charge in [0.2, 0.25) is 5.91 Å². The van der Waals surface area contributed by atoms with Crippen molar-refractivity contribution in [2.45, 2.75) is 6.61 Å². The van der Waals surface area contributed by atoms with Crippen LogP contribution in [0.15, 0.2) is 42.5 Å². The number of rotatable bonds is 6. The molecule has 0 aromatic heterocycles. The topological polar surface area (TPSA) is 99.9 Å². The summed E-state index contributed by atoms with van der Waals surface area (Å²) in [6.07, 6.45) is 2.20. The van der Waals surface area contributed by atoms with Gasteiger partial charge in [-0.1, -0.05) is 0 Å². The molecule has 3 rings (SSSR count). The van der Waals surface area contributed by atoms with Crippen molar-refractivity contribution in [2.24, 2.45) is 0 Å². The largest absolute Gasteiger partial charge is 0.486 e. The molecule has 1 aliphatic heterocycles. The summed E-state index contributed by atoms with van der Waals surface area (Å²) in [4.78, 5) is 22.3. The fraction of sp³-hybridized carbons (Fsp3) is 0.167. The molecule has 1 N–H and O–H groups in total. The zero-order valence-electron chi connectivity index (χ0n) is 14.3. The average molecular weight is 392 g/mol. The van der Waals surface area contributed by atoms with Crippen LogP contribution in [0.5, 0.6) is 17.2 Å². The molecular formula is C18H14F2N2O6. The molecule has 146 valence electrons. The fourth-order valence-electron chi connectivity index (χ4n) is 2.45. The maximum Gasteiger partial charge on any atom is 0.387 e. The summed E-state index contributed by atoms with van der Waals surface area (Å²) in [6, 6.07) is 7.94. The Bertz CT molecular complexity index is 932. The molecule has 0 spiro atoms. The Balaban J connectivity index is 1.76. The summed E-state index contributed by atoms with van der Waals surface area (Å²) in [6.45, 7) is -2.28. The predicted molar refractivity (Wildman–Crippen MR) is 94.8 cm³/mol. The third-order valence-corrected chi connectivity index (χ3v) is 3.64. The molecule has 8 nitrogen and oxygen atoms in total. The van der Waals surface area contributed by atoms with E-state index >= 15 is 0 Å². The van der Waals surface area contributed by atoms with E-state index in [4.69, 9.17) is 9.47 Å². The van der Waals surface area contributed by atoms with Crippen LogP contribution in [0.1, 0.15) is 5.56 Å². The number of benzene rings is 2. The van der Waals surface area contributed by atoms with E-state index < -0.39 is 17.4 Å². The summed E-state index contributed by atoms with van der Waals surface area (Å²) < 4.78 is 40.1. The summed E-state index contributed by atoms with van der Waals surface area (Å²) in [7, 11) is 0. The van der Waals surface area contributed by atoms with Gasteiger partial charge in [0, 0.05) is 35.5 Å². The number of nitro benzene ring substituents is 1. The Morgan fingerprint density at radius 1 is 1.18 bits per heavy atom. The minimum absolute atomic E-state index is 0.0353. The molecule has 0 saturated carbocycles. The van der Waals surface area contributed by atoms with Gasteiger partial charge in [-0.3, -0.25) is 14.9 Å². The highest BCUT2D eigenvalue weighted by atomic mass is 19.3. The Kier molecular flexibility index (Phi) is 5.68. The first kappa shape index (κ1) is 19.1. The Labute approximate surface area is 157 Å². The zero-order chi connectivity index (χ0) is 20.1. The number of nitrogens with one attached hydrogen (secondary N) is 1. The van der Waals surface area contributed by atoms with Crippen molar-refractivity contribution in [2.75, 3.05) is 18.5 Å². The summed E-state index contributed by atoms with van der Waals surface area (Å²) >= 11 is 0. The van der Waals surface area contributed by atoms with E-state index in [9.17, 15) is 23.7 Å². The standard InChI is InChI=1S/C18H14F2N2O6/c19-18(20)28-14-5-3-13(22(24)25)9-11(14)1-6-17(23)21-12-2-4-15-16(10-12)27-8-7-26-15/h1-6,9-10,18H,7-8H2,(H,21,23)/b6-1+. The van der Waals surface area contributed by atoms with Crippen molar-refractivity contribution in [3.8, 4) is 17.2 Å². The lowest BCUT2D eigenvalue weighted by Gasteiger charge is -2.18. The van der Waals surface area contributed by atoms with Crippen LogP contribution in [-0.4, -0.2) is 30.7 Å². The highest BCUT2D eigenvalue weighted by molar-refractivity contribution is 6.02. The van der Waals surface area contributed by atoms with Crippen LogP contribution in [0.25, 0.3) is 6.08 Å². The molecule has 0 radical (unpaired) electrons. The highest BCUT2D eigenvalue weighted by Gasteiger charge is 2.14. The number of alkyl halides is 2. The number of halogens is 2. The van der Waals surface area contributed by atoms with Crippen LogP contribution in [0.4, 0.5) is 20.2 Å². The molecule has 1 amide bonds. The number of nitro groups is 1. The van der Waals surface area contributed by atoms with E-state index in [0.29, 0.717) is 30.4 Å². The van der Waals surface area contributed by atoms with Crippen LogP contribution in [0.2, 0.25) is 0 Å². The molecule has 10 heteroatoms. The number of carbonyl (C=O) groups is 1. The Hall–Kier alpha value is -3.69. The first-order chi connectivity index (χ1) is 13.4.